The van der Waals surface area contributed by atoms with Crippen molar-refractivity contribution in [3.63, 3.8) is 0 Å². The van der Waals surface area contributed by atoms with Crippen molar-refractivity contribution in [3.05, 3.63) is 52.6 Å². The van der Waals surface area contributed by atoms with E-state index in [2.05, 4.69) is 53.9 Å². The van der Waals surface area contributed by atoms with E-state index in [1.54, 1.807) is 23.6 Å². The summed E-state index contributed by atoms with van der Waals surface area (Å²) in [5, 5.41) is 20.9. The van der Waals surface area contributed by atoms with Gasteiger partial charge in [0.25, 0.3) is 5.91 Å². The minimum absolute atomic E-state index is 0.0160. The molecule has 3 N–H and O–H groups in total. The Hall–Kier alpha value is -2.37. The van der Waals surface area contributed by atoms with Crippen molar-refractivity contribution in [2.24, 2.45) is 5.41 Å². The lowest BCUT2D eigenvalue weighted by molar-refractivity contribution is -0.140. The summed E-state index contributed by atoms with van der Waals surface area (Å²) in [6.07, 6.45) is 9.50. The van der Waals surface area contributed by atoms with Gasteiger partial charge in [-0.05, 0) is 49.1 Å². The molecule has 4 heterocycles. The lowest BCUT2D eigenvalue weighted by Crippen LogP contribution is -2.55. The second kappa shape index (κ2) is 12.9. The minimum atomic E-state index is -0.804. The highest BCUT2D eigenvalue weighted by atomic mass is 32.1. The van der Waals surface area contributed by atoms with Gasteiger partial charge in [0.15, 0.2) is 0 Å². The first-order chi connectivity index (χ1) is 19.6. The van der Waals surface area contributed by atoms with Gasteiger partial charge in [-0.15, -0.1) is 17.9 Å². The van der Waals surface area contributed by atoms with Crippen molar-refractivity contribution in [2.75, 3.05) is 26.2 Å². The van der Waals surface area contributed by atoms with E-state index in [4.69, 9.17) is 14.5 Å². The summed E-state index contributed by atoms with van der Waals surface area (Å²) in [6.45, 7) is 13.3. The molecule has 1 spiro atoms. The van der Waals surface area contributed by atoms with Gasteiger partial charge in [0.05, 0.1) is 25.3 Å². The van der Waals surface area contributed by atoms with Crippen LogP contribution in [0.4, 0.5) is 0 Å². The van der Waals surface area contributed by atoms with Crippen LogP contribution in [0.5, 0.6) is 5.88 Å². The van der Waals surface area contributed by atoms with Crippen LogP contribution in [0.25, 0.3) is 0 Å². The number of hydrogen-bond donors (Lipinski definition) is 3. The van der Waals surface area contributed by atoms with Crippen molar-refractivity contribution in [1.29, 1.82) is 0 Å². The van der Waals surface area contributed by atoms with Crippen LogP contribution in [0.15, 0.2) is 36.5 Å². The maximum atomic E-state index is 13.2. The molecule has 41 heavy (non-hydrogen) atoms. The van der Waals surface area contributed by atoms with Crippen molar-refractivity contribution in [1.82, 2.24) is 25.5 Å². The van der Waals surface area contributed by atoms with Crippen molar-refractivity contribution in [3.8, 4) is 5.88 Å². The molecule has 0 radical (unpaired) electrons. The summed E-state index contributed by atoms with van der Waals surface area (Å²) in [7, 11) is 0. The monoisotopic (exact) mass is 583 g/mol. The third kappa shape index (κ3) is 7.73. The molecular formula is C31H45N5O4S. The molecule has 2 aromatic rings. The number of pyridine rings is 1. The van der Waals surface area contributed by atoms with Gasteiger partial charge < -0.3 is 25.2 Å². The Labute approximate surface area is 247 Å². The number of nitrogens with zero attached hydrogens (tertiary/aromatic N) is 3. The average Bonchev–Trinajstić information content (AvgIpc) is 3.42. The molecule has 2 aliphatic heterocycles. The van der Waals surface area contributed by atoms with Crippen LogP contribution in [0.2, 0.25) is 0 Å². The number of ether oxygens (including phenoxy) is 2. The maximum absolute atomic E-state index is 13.2. The Balaban J connectivity index is 1.21. The molecule has 1 saturated heterocycles. The van der Waals surface area contributed by atoms with Gasteiger partial charge in [-0.1, -0.05) is 26.8 Å². The fourth-order valence-corrected chi connectivity index (χ4v) is 6.70. The number of aliphatic hydroxyl groups excluding tert-OH is 1. The highest BCUT2D eigenvalue weighted by molar-refractivity contribution is 7.09. The second-order valence-corrected chi connectivity index (χ2v) is 14.0. The SMILES string of the molecule is C=CC[C@H](NC(=O)[C@@H]1CN(Cc2nccs2)CCO1)[C@H](O)CN[C@H]1CC2(CCC2)Oc2ncc(CC(C)(C)C)cc21. The van der Waals surface area contributed by atoms with E-state index < -0.39 is 18.2 Å². The second-order valence-electron chi connectivity index (χ2n) is 13.0. The topological polar surface area (TPSA) is 109 Å². The molecule has 2 aromatic heterocycles. The van der Waals surface area contributed by atoms with E-state index in [0.29, 0.717) is 38.5 Å². The van der Waals surface area contributed by atoms with E-state index in [9.17, 15) is 9.90 Å². The summed E-state index contributed by atoms with van der Waals surface area (Å²) in [5.74, 6) is 0.494. The first-order valence-corrected chi connectivity index (χ1v) is 15.7. The molecule has 5 rings (SSSR count). The summed E-state index contributed by atoms with van der Waals surface area (Å²) in [6, 6.07) is 1.75. The van der Waals surface area contributed by atoms with Gasteiger partial charge >= 0.3 is 0 Å². The van der Waals surface area contributed by atoms with Crippen molar-refractivity contribution < 1.29 is 19.4 Å². The third-order valence-corrected chi connectivity index (χ3v) is 9.04. The van der Waals surface area contributed by atoms with Crippen LogP contribution in [0, 0.1) is 5.41 Å². The van der Waals surface area contributed by atoms with Crippen LogP contribution in [-0.4, -0.2) is 76.0 Å². The summed E-state index contributed by atoms with van der Waals surface area (Å²) >= 11 is 1.61. The molecule has 1 amide bonds. The number of hydrogen-bond acceptors (Lipinski definition) is 9. The summed E-state index contributed by atoms with van der Waals surface area (Å²) < 4.78 is 12.2. The number of carbonyl (C=O) groups excluding carboxylic acids is 1. The number of carbonyl (C=O) groups is 1. The number of nitrogens with one attached hydrogen (secondary N) is 2. The Bertz CT molecular complexity index is 1180. The van der Waals surface area contributed by atoms with Crippen molar-refractivity contribution in [2.45, 2.75) is 95.7 Å². The van der Waals surface area contributed by atoms with Gasteiger partial charge in [0, 0.05) is 55.4 Å². The number of aromatic nitrogens is 2. The number of fused-ring (bicyclic) bond motifs is 1. The molecule has 2 fully saturated rings. The first-order valence-electron chi connectivity index (χ1n) is 14.9. The zero-order chi connectivity index (χ0) is 29.0. The Morgan fingerprint density at radius 1 is 1.37 bits per heavy atom. The van der Waals surface area contributed by atoms with E-state index in [1.165, 1.54) is 5.56 Å². The fraction of sp³-hybridized carbons (Fsp3) is 0.645. The molecule has 9 nitrogen and oxygen atoms in total. The maximum Gasteiger partial charge on any atom is 0.250 e. The number of amides is 1. The third-order valence-electron chi connectivity index (χ3n) is 8.27. The zero-order valence-corrected chi connectivity index (χ0v) is 25.4. The van der Waals surface area contributed by atoms with Crippen LogP contribution in [0.3, 0.4) is 0 Å². The van der Waals surface area contributed by atoms with E-state index in [-0.39, 0.29) is 23.0 Å². The Kier molecular flexibility index (Phi) is 9.45. The van der Waals surface area contributed by atoms with E-state index in [0.717, 1.165) is 49.2 Å². The molecule has 1 saturated carbocycles. The molecule has 0 bridgehead atoms. The number of rotatable bonds is 11. The van der Waals surface area contributed by atoms with Crippen LogP contribution in [-0.2, 0) is 22.5 Å². The highest BCUT2D eigenvalue weighted by Crippen LogP contribution is 2.48. The lowest BCUT2D eigenvalue weighted by atomic mass is 9.73. The number of morpholine rings is 1. The Morgan fingerprint density at radius 2 is 2.20 bits per heavy atom. The van der Waals surface area contributed by atoms with Gasteiger partial charge in [-0.2, -0.15) is 0 Å². The molecular weight excluding hydrogens is 538 g/mol. The van der Waals surface area contributed by atoms with Crippen molar-refractivity contribution >= 4 is 17.2 Å². The fourth-order valence-electron chi connectivity index (χ4n) is 6.05. The van der Waals surface area contributed by atoms with E-state index in [1.807, 2.05) is 11.6 Å². The van der Waals surface area contributed by atoms with Crippen LogP contribution >= 0.6 is 11.3 Å². The first kappa shape index (κ1) is 30.1. The lowest BCUT2D eigenvalue weighted by Gasteiger charge is -2.47. The molecule has 0 unspecified atom stereocenters. The van der Waals surface area contributed by atoms with Gasteiger partial charge in [0.2, 0.25) is 5.88 Å². The van der Waals surface area contributed by atoms with Crippen LogP contribution < -0.4 is 15.4 Å². The molecule has 10 heteroatoms. The van der Waals surface area contributed by atoms with Gasteiger partial charge in [-0.3, -0.25) is 9.69 Å². The number of thiazole rings is 1. The molecule has 4 atom stereocenters. The predicted octanol–water partition coefficient (Wildman–Crippen LogP) is 3.79. The summed E-state index contributed by atoms with van der Waals surface area (Å²) in [5.41, 5.74) is 2.21. The zero-order valence-electron chi connectivity index (χ0n) is 24.6. The van der Waals surface area contributed by atoms with E-state index >= 15 is 0 Å². The standard InChI is InChI=1S/C31H45N5O4S/c1-5-7-23(35-28(38)26-19-36(11-12-39-26)20-27-32-10-13-41-27)25(37)18-33-24-16-31(8-6-9-31)40-29-22(24)14-21(17-34-29)15-30(2,3)4/h5,10,13-14,17,23-26,33,37H,1,6-9,11-12,15-16,18-20H2,2-4H3,(H,35,38)/t23-,24-,25+,26-/m0/s1. The van der Waals surface area contributed by atoms with Gasteiger partial charge in [0.1, 0.15) is 16.7 Å². The molecule has 0 aromatic carbocycles. The summed E-state index contributed by atoms with van der Waals surface area (Å²) in [4.78, 5) is 24.5. The van der Waals surface area contributed by atoms with Crippen LogP contribution in [0.1, 0.15) is 75.1 Å². The minimum Gasteiger partial charge on any atom is -0.471 e. The van der Waals surface area contributed by atoms with Gasteiger partial charge in [-0.25, -0.2) is 9.97 Å². The molecule has 3 aliphatic rings. The smallest absolute Gasteiger partial charge is 0.250 e. The average molecular weight is 584 g/mol. The molecule has 224 valence electrons. The normalized spacial score (nSPS) is 23.6. The highest BCUT2D eigenvalue weighted by Gasteiger charge is 2.46. The largest absolute Gasteiger partial charge is 0.471 e. The number of aliphatic hydroxyl groups is 1. The predicted molar refractivity (Wildman–Crippen MR) is 160 cm³/mol. The quantitative estimate of drug-likeness (QED) is 0.343. The molecule has 1 aliphatic carbocycles. The Morgan fingerprint density at radius 3 is 2.88 bits per heavy atom.